The van der Waals surface area contributed by atoms with Crippen molar-refractivity contribution in [2.75, 3.05) is 14.1 Å². The molecule has 1 aromatic rings. The van der Waals surface area contributed by atoms with Crippen LogP contribution in [0.25, 0.3) is 0 Å². The Kier molecular flexibility index (Phi) is 4.52. The lowest BCUT2D eigenvalue weighted by molar-refractivity contribution is 0.518. The topological polar surface area (TPSA) is 37.4 Å². The maximum atomic E-state index is 12.9. The zero-order chi connectivity index (χ0) is 16.5. The highest BCUT2D eigenvalue weighted by atomic mass is 32.2. The second-order valence-corrected chi connectivity index (χ2v) is 8.89. The highest BCUT2D eigenvalue weighted by Gasteiger charge is 2.26. The minimum atomic E-state index is -3.43. The van der Waals surface area contributed by atoms with Gasteiger partial charge in [0.25, 0.3) is 0 Å². The summed E-state index contributed by atoms with van der Waals surface area (Å²) in [7, 11) is 0.325. The molecule has 0 aromatic heterocycles. The molecule has 0 fully saturated rings. The summed E-state index contributed by atoms with van der Waals surface area (Å²) >= 11 is 0. The molecule has 0 bridgehead atoms. The predicted molar refractivity (Wildman–Crippen MR) is 91.4 cm³/mol. The van der Waals surface area contributed by atoms with E-state index in [1.165, 1.54) is 0 Å². The average Bonchev–Trinajstić information content (AvgIpc) is 2.46. The molecule has 0 saturated heterocycles. The van der Waals surface area contributed by atoms with Crippen molar-refractivity contribution in [1.29, 1.82) is 0 Å². The predicted octanol–water partition coefficient (Wildman–Crippen LogP) is 3.88. The van der Waals surface area contributed by atoms with Crippen LogP contribution in [0.2, 0.25) is 0 Å². The third-order valence-corrected chi connectivity index (χ3v) is 5.89. The Morgan fingerprint density at radius 1 is 1.05 bits per heavy atom. The summed E-state index contributed by atoms with van der Waals surface area (Å²) in [6.45, 7) is 6.36. The zero-order valence-electron chi connectivity index (χ0n) is 14.1. The molecule has 0 atom stereocenters. The number of sulfone groups is 1. The highest BCUT2D eigenvalue weighted by molar-refractivity contribution is 7.95. The van der Waals surface area contributed by atoms with Crippen LogP contribution >= 0.6 is 0 Å². The van der Waals surface area contributed by atoms with Crippen molar-refractivity contribution < 1.29 is 8.42 Å². The van der Waals surface area contributed by atoms with Crippen LogP contribution in [0, 0.1) is 0 Å². The molecule has 0 N–H and O–H groups in total. The van der Waals surface area contributed by atoms with Gasteiger partial charge in [0.1, 0.15) is 0 Å². The number of nitrogens with zero attached hydrogens (tertiary/aromatic N) is 1. The van der Waals surface area contributed by atoms with E-state index in [0.29, 0.717) is 16.2 Å². The van der Waals surface area contributed by atoms with Crippen molar-refractivity contribution >= 4 is 9.84 Å². The second kappa shape index (κ2) is 5.92. The van der Waals surface area contributed by atoms with Crippen LogP contribution in [0.1, 0.15) is 39.2 Å². The summed E-state index contributed by atoms with van der Waals surface area (Å²) < 4.78 is 25.9. The molecule has 0 aliphatic heterocycles. The Bertz CT molecular complexity index is 702. The van der Waals surface area contributed by atoms with Gasteiger partial charge in [-0.15, -0.1) is 0 Å². The minimum absolute atomic E-state index is 0.0178. The van der Waals surface area contributed by atoms with Crippen LogP contribution < -0.4 is 0 Å². The Morgan fingerprint density at radius 2 is 1.64 bits per heavy atom. The van der Waals surface area contributed by atoms with Gasteiger partial charge in [-0.3, -0.25) is 0 Å². The molecule has 120 valence electrons. The van der Waals surface area contributed by atoms with E-state index in [4.69, 9.17) is 0 Å². The molecule has 22 heavy (non-hydrogen) atoms. The smallest absolute Gasteiger partial charge is 0.204 e. The van der Waals surface area contributed by atoms with Gasteiger partial charge in [0.05, 0.1) is 15.5 Å². The number of hydrogen-bond donors (Lipinski definition) is 0. The monoisotopic (exact) mass is 319 g/mol. The van der Waals surface area contributed by atoms with Gasteiger partial charge >= 0.3 is 0 Å². The second-order valence-electron chi connectivity index (χ2n) is 6.92. The number of hydrogen-bond acceptors (Lipinski definition) is 3. The summed E-state index contributed by atoms with van der Waals surface area (Å²) in [5.41, 5.74) is 1.94. The number of allylic oxidation sites excluding steroid dienone is 3. The Labute approximate surface area is 134 Å². The van der Waals surface area contributed by atoms with E-state index in [1.807, 2.05) is 43.3 Å². The standard InChI is InChI=1S/C18H25NO2S/c1-18(2,3)14-10-12-15(13-11-14)22(20,21)17-9-7-6-8-16(17)19(4)5/h6,8,10-13H,7,9H2,1-5H3. The van der Waals surface area contributed by atoms with E-state index in [0.717, 1.165) is 17.7 Å². The summed E-state index contributed by atoms with van der Waals surface area (Å²) in [5, 5.41) is 0. The number of rotatable bonds is 3. The van der Waals surface area contributed by atoms with Crippen molar-refractivity contribution in [3.8, 4) is 0 Å². The van der Waals surface area contributed by atoms with Crippen molar-refractivity contribution in [3.63, 3.8) is 0 Å². The van der Waals surface area contributed by atoms with E-state index in [-0.39, 0.29) is 5.41 Å². The Hall–Kier alpha value is -1.55. The number of likely N-dealkylation sites (N-methyl/N-ethyl adjacent to an activating group) is 1. The lowest BCUT2D eigenvalue weighted by Crippen LogP contribution is -2.19. The molecule has 0 heterocycles. The van der Waals surface area contributed by atoms with Gasteiger partial charge in [-0.25, -0.2) is 8.42 Å². The first kappa shape index (κ1) is 16.8. The Balaban J connectivity index is 2.49. The van der Waals surface area contributed by atoms with E-state index in [2.05, 4.69) is 20.8 Å². The zero-order valence-corrected chi connectivity index (χ0v) is 14.9. The largest absolute Gasteiger partial charge is 0.377 e. The molecule has 1 aliphatic rings. The fourth-order valence-corrected chi connectivity index (χ4v) is 4.27. The van der Waals surface area contributed by atoms with Crippen LogP contribution in [-0.2, 0) is 15.3 Å². The first-order valence-electron chi connectivity index (χ1n) is 7.56. The molecular weight excluding hydrogens is 294 g/mol. The van der Waals surface area contributed by atoms with Gasteiger partial charge in [-0.05, 0) is 42.0 Å². The first-order chi connectivity index (χ1) is 10.1. The van der Waals surface area contributed by atoms with Crippen LogP contribution in [0.3, 0.4) is 0 Å². The van der Waals surface area contributed by atoms with Gasteiger partial charge < -0.3 is 4.90 Å². The van der Waals surface area contributed by atoms with Crippen molar-refractivity contribution in [3.05, 3.63) is 52.6 Å². The summed E-state index contributed by atoms with van der Waals surface area (Å²) in [4.78, 5) is 2.76. The van der Waals surface area contributed by atoms with E-state index in [1.54, 1.807) is 12.1 Å². The molecule has 3 nitrogen and oxygen atoms in total. The van der Waals surface area contributed by atoms with Crippen LogP contribution in [-0.4, -0.2) is 27.4 Å². The van der Waals surface area contributed by atoms with Gasteiger partial charge in [-0.1, -0.05) is 39.0 Å². The van der Waals surface area contributed by atoms with E-state index in [9.17, 15) is 8.42 Å². The molecular formula is C18H25NO2S. The van der Waals surface area contributed by atoms with E-state index >= 15 is 0 Å². The summed E-state index contributed by atoms with van der Waals surface area (Å²) in [5.74, 6) is 0. The fraction of sp³-hybridized carbons (Fsp3) is 0.444. The molecule has 2 rings (SSSR count). The summed E-state index contributed by atoms with van der Waals surface area (Å²) in [6, 6.07) is 7.30. The van der Waals surface area contributed by atoms with Gasteiger partial charge in [0.2, 0.25) is 9.84 Å². The first-order valence-corrected chi connectivity index (χ1v) is 9.05. The highest BCUT2D eigenvalue weighted by Crippen LogP contribution is 2.31. The molecule has 0 radical (unpaired) electrons. The SMILES string of the molecule is CN(C)C1=C(S(=O)(=O)c2ccc(C(C)(C)C)cc2)CCC=C1. The van der Waals surface area contributed by atoms with Crippen LogP contribution in [0.15, 0.2) is 51.9 Å². The van der Waals surface area contributed by atoms with Gasteiger partial charge in [0, 0.05) is 14.1 Å². The van der Waals surface area contributed by atoms with Crippen molar-refractivity contribution in [1.82, 2.24) is 4.90 Å². The van der Waals surface area contributed by atoms with Crippen molar-refractivity contribution in [2.24, 2.45) is 0 Å². The number of benzene rings is 1. The van der Waals surface area contributed by atoms with Crippen LogP contribution in [0.4, 0.5) is 0 Å². The molecule has 1 aromatic carbocycles. The molecule has 4 heteroatoms. The molecule has 0 spiro atoms. The average molecular weight is 319 g/mol. The Morgan fingerprint density at radius 3 is 2.14 bits per heavy atom. The van der Waals surface area contributed by atoms with Crippen LogP contribution in [0.5, 0.6) is 0 Å². The minimum Gasteiger partial charge on any atom is -0.377 e. The lowest BCUT2D eigenvalue weighted by atomic mass is 9.87. The molecule has 1 aliphatic carbocycles. The van der Waals surface area contributed by atoms with E-state index < -0.39 is 9.84 Å². The van der Waals surface area contributed by atoms with Gasteiger partial charge in [0.15, 0.2) is 0 Å². The fourth-order valence-electron chi connectivity index (χ4n) is 2.58. The third-order valence-electron chi connectivity index (χ3n) is 3.94. The molecule has 0 unspecified atom stereocenters. The normalized spacial score (nSPS) is 16.0. The summed E-state index contributed by atoms with van der Waals surface area (Å²) in [6.07, 6.45) is 5.26. The van der Waals surface area contributed by atoms with Crippen molar-refractivity contribution in [2.45, 2.75) is 43.9 Å². The van der Waals surface area contributed by atoms with Gasteiger partial charge in [-0.2, -0.15) is 0 Å². The quantitative estimate of drug-likeness (QED) is 0.848. The molecule has 0 amide bonds. The molecule has 0 saturated carbocycles. The lowest BCUT2D eigenvalue weighted by Gasteiger charge is -2.23. The maximum absolute atomic E-state index is 12.9. The maximum Gasteiger partial charge on any atom is 0.204 e. The third kappa shape index (κ3) is 3.27.